The molecule has 3 aromatic heterocycles. The number of hydrogen-bond acceptors (Lipinski definition) is 5. The van der Waals surface area contributed by atoms with E-state index in [-0.39, 0.29) is 17.5 Å². The Labute approximate surface area is 156 Å². The van der Waals surface area contributed by atoms with Crippen molar-refractivity contribution >= 4 is 11.6 Å². The van der Waals surface area contributed by atoms with Crippen molar-refractivity contribution in [1.82, 2.24) is 24.7 Å². The third-order valence-electron chi connectivity index (χ3n) is 5.35. The van der Waals surface area contributed by atoms with Crippen LogP contribution in [0.4, 0.5) is 0 Å². The van der Waals surface area contributed by atoms with Crippen LogP contribution in [0.15, 0.2) is 21.5 Å². The number of hydrogen-bond donors (Lipinski definition) is 1. The van der Waals surface area contributed by atoms with Crippen molar-refractivity contribution in [2.24, 2.45) is 0 Å². The van der Waals surface area contributed by atoms with Crippen LogP contribution in [-0.2, 0) is 6.42 Å². The highest BCUT2D eigenvalue weighted by molar-refractivity contribution is 5.92. The Morgan fingerprint density at radius 1 is 1.33 bits per heavy atom. The smallest absolute Gasteiger partial charge is 0.276 e. The Morgan fingerprint density at radius 3 is 2.89 bits per heavy atom. The lowest BCUT2D eigenvalue weighted by Gasteiger charge is -2.34. The van der Waals surface area contributed by atoms with Gasteiger partial charge in [-0.15, -0.1) is 0 Å². The molecule has 1 fully saturated rings. The van der Waals surface area contributed by atoms with E-state index in [1.807, 2.05) is 24.8 Å². The molecule has 1 N–H and O–H groups in total. The van der Waals surface area contributed by atoms with E-state index in [1.165, 1.54) is 4.52 Å². The Morgan fingerprint density at radius 2 is 2.15 bits per heavy atom. The van der Waals surface area contributed by atoms with Crippen LogP contribution < -0.4 is 5.56 Å². The molecule has 1 aliphatic heterocycles. The number of aryl methyl sites for hydroxylation is 2. The third kappa shape index (κ3) is 2.94. The summed E-state index contributed by atoms with van der Waals surface area (Å²) in [4.78, 5) is 31.8. The van der Waals surface area contributed by atoms with Gasteiger partial charge in [-0.3, -0.25) is 14.7 Å². The van der Waals surface area contributed by atoms with Crippen molar-refractivity contribution in [3.8, 4) is 0 Å². The molecule has 4 rings (SSSR count). The summed E-state index contributed by atoms with van der Waals surface area (Å²) in [6, 6.07) is 3.43. The first kappa shape index (κ1) is 17.5. The van der Waals surface area contributed by atoms with E-state index >= 15 is 0 Å². The maximum absolute atomic E-state index is 13.0. The van der Waals surface area contributed by atoms with Gasteiger partial charge in [-0.1, -0.05) is 12.1 Å². The van der Waals surface area contributed by atoms with E-state index in [0.717, 1.165) is 30.7 Å². The summed E-state index contributed by atoms with van der Waals surface area (Å²) in [5, 5.41) is 7.08. The van der Waals surface area contributed by atoms with Crippen molar-refractivity contribution < 1.29 is 9.32 Å². The number of amides is 1. The largest absolute Gasteiger partial charge is 0.361 e. The fourth-order valence-electron chi connectivity index (χ4n) is 3.63. The normalized spacial score (nSPS) is 17.6. The summed E-state index contributed by atoms with van der Waals surface area (Å²) >= 11 is 0. The maximum atomic E-state index is 13.0. The molecule has 1 aliphatic rings. The first-order valence-corrected chi connectivity index (χ1v) is 9.35. The van der Waals surface area contributed by atoms with Crippen LogP contribution in [0.3, 0.4) is 0 Å². The monoisotopic (exact) mass is 369 g/mol. The number of piperidine rings is 1. The Balaban J connectivity index is 1.72. The van der Waals surface area contributed by atoms with Gasteiger partial charge in [-0.2, -0.15) is 0 Å². The van der Waals surface area contributed by atoms with E-state index < -0.39 is 0 Å². The molecular formula is C19H23N5O3. The second-order valence-electron chi connectivity index (χ2n) is 7.07. The number of H-pyrrole nitrogens is 1. The number of nitrogens with zero attached hydrogens (tertiary/aromatic N) is 4. The molecule has 8 nitrogen and oxygen atoms in total. The molecule has 0 radical (unpaired) electrons. The first-order valence-electron chi connectivity index (χ1n) is 9.35. The van der Waals surface area contributed by atoms with Crippen molar-refractivity contribution in [2.75, 3.05) is 6.54 Å². The van der Waals surface area contributed by atoms with Crippen molar-refractivity contribution in [1.29, 1.82) is 0 Å². The lowest BCUT2D eigenvalue weighted by atomic mass is 9.99. The number of fused-ring (bicyclic) bond motifs is 1. The number of carbonyl (C=O) groups excluding carboxylic acids is 1. The zero-order valence-electron chi connectivity index (χ0n) is 15.8. The molecule has 27 heavy (non-hydrogen) atoms. The topological polar surface area (TPSA) is 96.5 Å². The van der Waals surface area contributed by atoms with E-state index in [1.54, 1.807) is 13.0 Å². The highest BCUT2D eigenvalue weighted by Gasteiger charge is 2.31. The number of likely N-dealkylation sites (tertiary alicyclic amines) is 1. The SMILES string of the molecule is CCc1cc(C(=O)N2CCCCC2c2cc3nc(C)c(C)c(=O)n3[nH]2)no1. The summed E-state index contributed by atoms with van der Waals surface area (Å²) in [5.41, 5.74) is 2.95. The van der Waals surface area contributed by atoms with Crippen LogP contribution in [0.2, 0.25) is 0 Å². The Kier molecular flexibility index (Phi) is 4.33. The summed E-state index contributed by atoms with van der Waals surface area (Å²) in [7, 11) is 0. The molecule has 0 aliphatic carbocycles. The van der Waals surface area contributed by atoms with E-state index in [9.17, 15) is 9.59 Å². The summed E-state index contributed by atoms with van der Waals surface area (Å²) in [6.07, 6.45) is 3.48. The summed E-state index contributed by atoms with van der Waals surface area (Å²) < 4.78 is 6.65. The standard InChI is InChI=1S/C19H23N5O3/c1-4-13-9-15(22-27-13)19(26)23-8-6-5-7-16(23)14-10-17-20-12(3)11(2)18(25)24(17)21-14/h9-10,16,21H,4-8H2,1-3H3. The minimum atomic E-state index is -0.144. The molecule has 1 saturated heterocycles. The lowest BCUT2D eigenvalue weighted by Crippen LogP contribution is -2.39. The lowest BCUT2D eigenvalue weighted by molar-refractivity contribution is 0.0595. The van der Waals surface area contributed by atoms with Gasteiger partial charge in [0.15, 0.2) is 11.3 Å². The van der Waals surface area contributed by atoms with Gasteiger partial charge in [0.1, 0.15) is 5.76 Å². The molecule has 4 heterocycles. The highest BCUT2D eigenvalue weighted by Crippen LogP contribution is 2.31. The minimum absolute atomic E-state index is 0.110. The van der Waals surface area contributed by atoms with Crippen LogP contribution >= 0.6 is 0 Å². The molecule has 8 heteroatoms. The molecule has 0 spiro atoms. The molecule has 1 atom stereocenters. The predicted octanol–water partition coefficient (Wildman–Crippen LogP) is 2.56. The van der Waals surface area contributed by atoms with Gasteiger partial charge < -0.3 is 9.42 Å². The number of carbonyl (C=O) groups is 1. The minimum Gasteiger partial charge on any atom is -0.361 e. The molecule has 0 aromatic carbocycles. The van der Waals surface area contributed by atoms with Gasteiger partial charge in [0, 0.05) is 36.4 Å². The van der Waals surface area contributed by atoms with Gasteiger partial charge in [0.2, 0.25) is 0 Å². The molecule has 142 valence electrons. The second-order valence-corrected chi connectivity index (χ2v) is 7.07. The van der Waals surface area contributed by atoms with Gasteiger partial charge >= 0.3 is 0 Å². The first-order chi connectivity index (χ1) is 13.0. The van der Waals surface area contributed by atoms with Gasteiger partial charge in [0.25, 0.3) is 11.5 Å². The van der Waals surface area contributed by atoms with E-state index in [2.05, 4.69) is 15.2 Å². The van der Waals surface area contributed by atoms with Crippen molar-refractivity contribution in [3.05, 3.63) is 50.9 Å². The second kappa shape index (κ2) is 6.68. The quantitative estimate of drug-likeness (QED) is 0.765. The summed E-state index contributed by atoms with van der Waals surface area (Å²) in [6.45, 7) is 6.20. The average molecular weight is 369 g/mol. The number of nitrogens with one attached hydrogen (secondary N) is 1. The van der Waals surface area contributed by atoms with Crippen molar-refractivity contribution in [2.45, 2.75) is 52.5 Å². The fraction of sp³-hybridized carbons (Fsp3) is 0.474. The zero-order valence-corrected chi connectivity index (χ0v) is 15.8. The van der Waals surface area contributed by atoms with Crippen LogP contribution in [0.5, 0.6) is 0 Å². The fourth-order valence-corrected chi connectivity index (χ4v) is 3.63. The van der Waals surface area contributed by atoms with Gasteiger partial charge in [0.05, 0.1) is 11.7 Å². The van der Waals surface area contributed by atoms with Crippen molar-refractivity contribution in [3.63, 3.8) is 0 Å². The third-order valence-corrected chi connectivity index (χ3v) is 5.35. The maximum Gasteiger partial charge on any atom is 0.276 e. The number of rotatable bonds is 3. The number of aromatic amines is 1. The molecule has 1 amide bonds. The van der Waals surface area contributed by atoms with Crippen LogP contribution in [-0.4, -0.2) is 37.1 Å². The zero-order chi connectivity index (χ0) is 19.1. The van der Waals surface area contributed by atoms with E-state index in [4.69, 9.17) is 4.52 Å². The summed E-state index contributed by atoms with van der Waals surface area (Å²) in [5.74, 6) is 0.550. The van der Waals surface area contributed by atoms with Crippen LogP contribution in [0.1, 0.15) is 65.4 Å². The molecular weight excluding hydrogens is 346 g/mol. The van der Waals surface area contributed by atoms with Gasteiger partial charge in [-0.05, 0) is 33.1 Å². The predicted molar refractivity (Wildman–Crippen MR) is 98.8 cm³/mol. The Bertz CT molecular complexity index is 1060. The average Bonchev–Trinajstić information content (AvgIpc) is 3.33. The molecule has 3 aromatic rings. The van der Waals surface area contributed by atoms with Gasteiger partial charge in [-0.25, -0.2) is 9.50 Å². The molecule has 0 bridgehead atoms. The Hall–Kier alpha value is -2.90. The van der Waals surface area contributed by atoms with Crippen LogP contribution in [0, 0.1) is 13.8 Å². The van der Waals surface area contributed by atoms with Crippen LogP contribution in [0.25, 0.3) is 5.65 Å². The highest BCUT2D eigenvalue weighted by atomic mass is 16.5. The molecule has 0 saturated carbocycles. The number of aromatic nitrogens is 4. The van der Waals surface area contributed by atoms with E-state index in [0.29, 0.717) is 35.6 Å². The molecule has 1 unspecified atom stereocenters.